The van der Waals surface area contributed by atoms with Crippen molar-refractivity contribution < 1.29 is 9.53 Å². The van der Waals surface area contributed by atoms with E-state index in [-0.39, 0.29) is 0 Å². The van der Waals surface area contributed by atoms with Crippen LogP contribution in [0.5, 0.6) is 0 Å². The molecule has 108 valence electrons. The van der Waals surface area contributed by atoms with Crippen molar-refractivity contribution in [3.8, 4) is 11.5 Å². The van der Waals surface area contributed by atoms with Crippen molar-refractivity contribution >= 4 is 17.6 Å². The molecule has 1 aliphatic heterocycles. The minimum Gasteiger partial charge on any atom is -0.464 e. The van der Waals surface area contributed by atoms with Crippen molar-refractivity contribution in [2.75, 3.05) is 13.7 Å². The number of carbonyl (C=O) groups excluding carboxylic acids is 1. The summed E-state index contributed by atoms with van der Waals surface area (Å²) in [6.07, 6.45) is 2.23. The molecule has 1 N–H and O–H groups in total. The van der Waals surface area contributed by atoms with Crippen LogP contribution >= 0.6 is 11.6 Å². The van der Waals surface area contributed by atoms with Crippen LogP contribution < -0.4 is 5.32 Å². The van der Waals surface area contributed by atoms with Crippen molar-refractivity contribution in [2.24, 2.45) is 0 Å². The zero-order valence-electron chi connectivity index (χ0n) is 11.4. The normalized spacial score (nSPS) is 13.6. The predicted octanol–water partition coefficient (Wildman–Crippen LogP) is 1.62. The van der Waals surface area contributed by atoms with Gasteiger partial charge in [-0.05, 0) is 25.1 Å². The standard InChI is InChI=1S/C14H13ClN4O2/c1-21-14(20)12-9-4-5-16-7-11(9)18-13(19-12)10-3-2-8(15)6-17-10/h2-3,6,16H,4-5,7H2,1H3. The molecule has 3 rings (SSSR count). The predicted molar refractivity (Wildman–Crippen MR) is 77.0 cm³/mol. The Morgan fingerprint density at radius 3 is 2.95 bits per heavy atom. The Bertz CT molecular complexity index is 688. The monoisotopic (exact) mass is 304 g/mol. The molecule has 2 aromatic rings. The summed E-state index contributed by atoms with van der Waals surface area (Å²) >= 11 is 5.83. The molecule has 0 aliphatic carbocycles. The van der Waals surface area contributed by atoms with Crippen molar-refractivity contribution in [1.82, 2.24) is 20.3 Å². The maximum absolute atomic E-state index is 11.9. The summed E-state index contributed by atoms with van der Waals surface area (Å²) in [6.45, 7) is 1.39. The number of halogens is 1. The number of pyridine rings is 1. The lowest BCUT2D eigenvalue weighted by molar-refractivity contribution is 0.0592. The second kappa shape index (κ2) is 5.75. The van der Waals surface area contributed by atoms with E-state index in [1.807, 2.05) is 0 Å². The fourth-order valence-electron chi connectivity index (χ4n) is 2.25. The minimum atomic E-state index is -0.453. The van der Waals surface area contributed by atoms with Crippen LogP contribution in [0.3, 0.4) is 0 Å². The molecule has 2 aromatic heterocycles. The van der Waals surface area contributed by atoms with Gasteiger partial charge in [0.05, 0.1) is 17.8 Å². The molecule has 0 fully saturated rings. The van der Waals surface area contributed by atoms with Gasteiger partial charge in [-0.15, -0.1) is 0 Å². The summed E-state index contributed by atoms with van der Waals surface area (Å²) in [5, 5.41) is 3.76. The number of nitrogens with one attached hydrogen (secondary N) is 1. The Balaban J connectivity index is 2.13. The van der Waals surface area contributed by atoms with Crippen molar-refractivity contribution in [3.05, 3.63) is 40.3 Å². The fourth-order valence-corrected chi connectivity index (χ4v) is 2.36. The van der Waals surface area contributed by atoms with Crippen LogP contribution in [0.2, 0.25) is 5.02 Å². The van der Waals surface area contributed by atoms with Gasteiger partial charge < -0.3 is 10.1 Å². The van der Waals surface area contributed by atoms with Gasteiger partial charge in [-0.2, -0.15) is 0 Å². The van der Waals surface area contributed by atoms with Crippen molar-refractivity contribution in [3.63, 3.8) is 0 Å². The number of fused-ring (bicyclic) bond motifs is 1. The largest absolute Gasteiger partial charge is 0.464 e. The highest BCUT2D eigenvalue weighted by atomic mass is 35.5. The van der Waals surface area contributed by atoms with E-state index in [9.17, 15) is 4.79 Å². The topological polar surface area (TPSA) is 77.0 Å². The average molecular weight is 305 g/mol. The summed E-state index contributed by atoms with van der Waals surface area (Å²) in [7, 11) is 1.35. The number of aromatic nitrogens is 3. The molecule has 7 heteroatoms. The molecule has 6 nitrogen and oxygen atoms in total. The highest BCUT2D eigenvalue weighted by Crippen LogP contribution is 2.21. The summed E-state index contributed by atoms with van der Waals surface area (Å²) < 4.78 is 4.82. The van der Waals surface area contributed by atoms with Gasteiger partial charge >= 0.3 is 5.97 Å². The van der Waals surface area contributed by atoms with Gasteiger partial charge in [-0.3, -0.25) is 4.98 Å². The van der Waals surface area contributed by atoms with Crippen LogP contribution in [0, 0.1) is 0 Å². The van der Waals surface area contributed by atoms with Gasteiger partial charge in [0.2, 0.25) is 0 Å². The van der Waals surface area contributed by atoms with Crippen molar-refractivity contribution in [1.29, 1.82) is 0 Å². The molecule has 0 radical (unpaired) electrons. The molecule has 0 saturated carbocycles. The average Bonchev–Trinajstić information content (AvgIpc) is 2.53. The number of hydrogen-bond donors (Lipinski definition) is 1. The maximum Gasteiger partial charge on any atom is 0.357 e. The highest BCUT2D eigenvalue weighted by Gasteiger charge is 2.23. The quantitative estimate of drug-likeness (QED) is 0.850. The van der Waals surface area contributed by atoms with Gasteiger partial charge in [0, 0.05) is 18.3 Å². The Hall–Kier alpha value is -2.05. The first kappa shape index (κ1) is 13.9. The zero-order valence-corrected chi connectivity index (χ0v) is 12.1. The number of rotatable bonds is 2. The molecule has 0 bridgehead atoms. The minimum absolute atomic E-state index is 0.316. The fraction of sp³-hybridized carbons (Fsp3) is 0.286. The van der Waals surface area contributed by atoms with Crippen LogP contribution in [-0.4, -0.2) is 34.6 Å². The molecule has 3 heterocycles. The molecule has 0 amide bonds. The van der Waals surface area contributed by atoms with Crippen LogP contribution in [0.4, 0.5) is 0 Å². The zero-order chi connectivity index (χ0) is 14.8. The van der Waals surface area contributed by atoms with Gasteiger partial charge in [0.25, 0.3) is 0 Å². The van der Waals surface area contributed by atoms with Gasteiger partial charge in [0.1, 0.15) is 5.69 Å². The Labute approximate surface area is 126 Å². The first-order valence-electron chi connectivity index (χ1n) is 6.50. The number of esters is 1. The Kier molecular flexibility index (Phi) is 3.81. The first-order valence-corrected chi connectivity index (χ1v) is 6.87. The van der Waals surface area contributed by atoms with E-state index < -0.39 is 5.97 Å². The third-order valence-electron chi connectivity index (χ3n) is 3.27. The van der Waals surface area contributed by atoms with E-state index in [1.54, 1.807) is 12.1 Å². The second-order valence-electron chi connectivity index (χ2n) is 4.60. The van der Waals surface area contributed by atoms with Gasteiger partial charge in [-0.1, -0.05) is 11.6 Å². The van der Waals surface area contributed by atoms with Crippen LogP contribution in [-0.2, 0) is 17.7 Å². The Morgan fingerprint density at radius 2 is 2.24 bits per heavy atom. The number of hydrogen-bond acceptors (Lipinski definition) is 6. The lowest BCUT2D eigenvalue weighted by Gasteiger charge is -2.18. The molecule has 0 saturated heterocycles. The Morgan fingerprint density at radius 1 is 1.38 bits per heavy atom. The smallest absolute Gasteiger partial charge is 0.357 e. The summed E-state index contributed by atoms with van der Waals surface area (Å²) in [4.78, 5) is 25.0. The number of ether oxygens (including phenoxy) is 1. The SMILES string of the molecule is COC(=O)c1nc(-c2ccc(Cl)cn2)nc2c1CCNC2. The third-order valence-corrected chi connectivity index (χ3v) is 3.50. The molecule has 1 aliphatic rings. The highest BCUT2D eigenvalue weighted by molar-refractivity contribution is 6.30. The molecule has 0 atom stereocenters. The van der Waals surface area contributed by atoms with Crippen LogP contribution in [0.25, 0.3) is 11.5 Å². The van der Waals surface area contributed by atoms with E-state index in [4.69, 9.17) is 16.3 Å². The molecule has 21 heavy (non-hydrogen) atoms. The lowest BCUT2D eigenvalue weighted by atomic mass is 10.0. The van der Waals surface area contributed by atoms with Crippen LogP contribution in [0.15, 0.2) is 18.3 Å². The molecule has 0 unspecified atom stereocenters. The third kappa shape index (κ3) is 2.72. The summed E-state index contributed by atoms with van der Waals surface area (Å²) in [6, 6.07) is 3.43. The molecule has 0 spiro atoms. The van der Waals surface area contributed by atoms with Crippen molar-refractivity contribution in [2.45, 2.75) is 13.0 Å². The van der Waals surface area contributed by atoms with Gasteiger partial charge in [-0.25, -0.2) is 14.8 Å². The van der Waals surface area contributed by atoms with E-state index in [2.05, 4.69) is 20.3 Å². The second-order valence-corrected chi connectivity index (χ2v) is 5.04. The van der Waals surface area contributed by atoms with E-state index >= 15 is 0 Å². The number of nitrogens with zero attached hydrogens (tertiary/aromatic N) is 3. The molecular weight excluding hydrogens is 292 g/mol. The molecule has 0 aromatic carbocycles. The summed E-state index contributed by atoms with van der Waals surface area (Å²) in [5.74, 6) is -0.0553. The lowest BCUT2D eigenvalue weighted by Crippen LogP contribution is -2.28. The molecular formula is C14H13ClN4O2. The number of methoxy groups -OCH3 is 1. The number of carbonyl (C=O) groups is 1. The summed E-state index contributed by atoms with van der Waals surface area (Å²) in [5.41, 5.74) is 2.54. The van der Waals surface area contributed by atoms with Gasteiger partial charge in [0.15, 0.2) is 11.5 Å². The maximum atomic E-state index is 11.9. The van der Waals surface area contributed by atoms with E-state index in [0.717, 1.165) is 17.8 Å². The first-order chi connectivity index (χ1) is 10.2. The van der Waals surface area contributed by atoms with E-state index in [1.165, 1.54) is 13.3 Å². The van der Waals surface area contributed by atoms with Crippen LogP contribution in [0.1, 0.15) is 21.7 Å². The van der Waals surface area contributed by atoms with E-state index in [0.29, 0.717) is 35.2 Å².